The van der Waals surface area contributed by atoms with Crippen LogP contribution in [0.3, 0.4) is 0 Å². The first kappa shape index (κ1) is 16.3. The van der Waals surface area contributed by atoms with Gasteiger partial charge in [0.25, 0.3) is 5.91 Å². The first-order chi connectivity index (χ1) is 11.6. The summed E-state index contributed by atoms with van der Waals surface area (Å²) in [7, 11) is 0. The van der Waals surface area contributed by atoms with E-state index in [-0.39, 0.29) is 12.5 Å². The smallest absolute Gasteiger partial charge is 0.262 e. The summed E-state index contributed by atoms with van der Waals surface area (Å²) in [4.78, 5) is 16.1. The minimum absolute atomic E-state index is 0.0778. The van der Waals surface area contributed by atoms with Gasteiger partial charge < -0.3 is 15.8 Å². The maximum absolute atomic E-state index is 11.9. The van der Waals surface area contributed by atoms with E-state index in [4.69, 9.17) is 22.1 Å². The van der Waals surface area contributed by atoms with Gasteiger partial charge in [0.15, 0.2) is 11.7 Å². The molecule has 3 rings (SSSR count). The quantitative estimate of drug-likeness (QED) is 0.720. The Morgan fingerprint density at radius 3 is 2.50 bits per heavy atom. The minimum atomic E-state index is -0.242. The van der Waals surface area contributed by atoms with E-state index in [0.717, 1.165) is 11.3 Å². The molecule has 3 N–H and O–H groups in total. The van der Waals surface area contributed by atoms with Crippen LogP contribution in [0, 0.1) is 0 Å². The number of hydrogen-bond donors (Lipinski definition) is 2. The van der Waals surface area contributed by atoms with Crippen LogP contribution in [0.4, 0.5) is 10.8 Å². The van der Waals surface area contributed by atoms with E-state index in [0.29, 0.717) is 21.6 Å². The number of carbonyl (C=O) groups is 1. The standard InChI is InChI=1S/C17H14ClN3O2S/c18-12-3-5-13(6-4-12)20-16(22)9-23-14-7-1-11(2-8-14)15-10-24-17(19)21-15/h1-8,10H,9H2,(H2,19,21)(H,20,22). The number of carbonyl (C=O) groups excluding carboxylic acids is 1. The molecule has 0 aliphatic carbocycles. The number of nitrogens with two attached hydrogens (primary N) is 1. The molecule has 0 bridgehead atoms. The maximum atomic E-state index is 11.9. The number of halogens is 1. The van der Waals surface area contributed by atoms with Crippen LogP contribution in [0.2, 0.25) is 5.02 Å². The Morgan fingerprint density at radius 2 is 1.88 bits per heavy atom. The molecule has 5 nitrogen and oxygen atoms in total. The summed E-state index contributed by atoms with van der Waals surface area (Å²) in [6.45, 7) is -0.0778. The summed E-state index contributed by atoms with van der Waals surface area (Å²) in [6.07, 6.45) is 0. The molecule has 0 saturated carbocycles. The van der Waals surface area contributed by atoms with Gasteiger partial charge in [0.1, 0.15) is 5.75 Å². The molecule has 0 aliphatic rings. The van der Waals surface area contributed by atoms with Crippen molar-refractivity contribution in [1.29, 1.82) is 0 Å². The number of ether oxygens (including phenoxy) is 1. The summed E-state index contributed by atoms with van der Waals surface area (Å²) in [5, 5.41) is 5.78. The third kappa shape index (κ3) is 4.24. The second-order valence-corrected chi connectivity index (χ2v) is 6.27. The fourth-order valence-electron chi connectivity index (χ4n) is 2.02. The number of hydrogen-bond acceptors (Lipinski definition) is 5. The molecule has 0 saturated heterocycles. The van der Waals surface area contributed by atoms with Crippen LogP contribution < -0.4 is 15.8 Å². The summed E-state index contributed by atoms with van der Waals surface area (Å²) in [5.74, 6) is 0.363. The third-order valence-electron chi connectivity index (χ3n) is 3.17. The molecular formula is C17H14ClN3O2S. The maximum Gasteiger partial charge on any atom is 0.262 e. The van der Waals surface area contributed by atoms with Crippen LogP contribution in [0.1, 0.15) is 0 Å². The number of aromatic nitrogens is 1. The normalized spacial score (nSPS) is 10.4. The lowest BCUT2D eigenvalue weighted by Gasteiger charge is -2.08. The van der Waals surface area contributed by atoms with Crippen LogP contribution in [-0.4, -0.2) is 17.5 Å². The van der Waals surface area contributed by atoms with Gasteiger partial charge >= 0.3 is 0 Å². The first-order valence-electron chi connectivity index (χ1n) is 7.10. The second kappa shape index (κ2) is 7.33. The molecule has 122 valence electrons. The van der Waals surface area contributed by atoms with Crippen molar-refractivity contribution in [2.45, 2.75) is 0 Å². The Bertz CT molecular complexity index is 832. The summed E-state index contributed by atoms with van der Waals surface area (Å²) < 4.78 is 5.48. The largest absolute Gasteiger partial charge is 0.484 e. The predicted molar refractivity (Wildman–Crippen MR) is 97.5 cm³/mol. The van der Waals surface area contributed by atoms with Crippen molar-refractivity contribution in [2.75, 3.05) is 17.7 Å². The number of nitrogen functional groups attached to an aromatic ring is 1. The molecule has 1 amide bonds. The van der Waals surface area contributed by atoms with Gasteiger partial charge in [-0.3, -0.25) is 4.79 Å². The highest BCUT2D eigenvalue weighted by atomic mass is 35.5. The van der Waals surface area contributed by atoms with Crippen LogP contribution in [0.5, 0.6) is 5.75 Å². The number of thiazole rings is 1. The Balaban J connectivity index is 1.54. The number of benzene rings is 2. The van der Waals surface area contributed by atoms with Gasteiger partial charge in [-0.1, -0.05) is 11.6 Å². The topological polar surface area (TPSA) is 77.2 Å². The molecule has 3 aromatic rings. The van der Waals surface area contributed by atoms with Crippen LogP contribution in [0.15, 0.2) is 53.9 Å². The zero-order valence-corrected chi connectivity index (χ0v) is 14.1. The summed E-state index contributed by atoms with van der Waals surface area (Å²) in [5.41, 5.74) is 8.07. The molecular weight excluding hydrogens is 346 g/mol. The van der Waals surface area contributed by atoms with Crippen LogP contribution in [0.25, 0.3) is 11.3 Å². The van der Waals surface area contributed by atoms with Gasteiger partial charge in [-0.25, -0.2) is 4.98 Å². The van der Waals surface area contributed by atoms with E-state index in [2.05, 4.69) is 10.3 Å². The van der Waals surface area contributed by atoms with Crippen molar-refractivity contribution in [3.8, 4) is 17.0 Å². The number of nitrogens with zero attached hydrogens (tertiary/aromatic N) is 1. The summed E-state index contributed by atoms with van der Waals surface area (Å²) in [6, 6.07) is 14.2. The molecule has 1 aromatic heterocycles. The van der Waals surface area contributed by atoms with Gasteiger partial charge in [-0.2, -0.15) is 0 Å². The van der Waals surface area contributed by atoms with Crippen molar-refractivity contribution in [1.82, 2.24) is 4.98 Å². The Kier molecular flexibility index (Phi) is 4.98. The highest BCUT2D eigenvalue weighted by Gasteiger charge is 2.06. The predicted octanol–water partition coefficient (Wildman–Crippen LogP) is 4.06. The molecule has 0 unspecified atom stereocenters. The van der Waals surface area contributed by atoms with E-state index in [1.165, 1.54) is 11.3 Å². The van der Waals surface area contributed by atoms with E-state index >= 15 is 0 Å². The number of rotatable bonds is 5. The van der Waals surface area contributed by atoms with Crippen molar-refractivity contribution >= 4 is 39.7 Å². The van der Waals surface area contributed by atoms with Gasteiger partial charge in [0.05, 0.1) is 5.69 Å². The van der Waals surface area contributed by atoms with Crippen molar-refractivity contribution in [2.24, 2.45) is 0 Å². The van der Waals surface area contributed by atoms with Crippen molar-refractivity contribution < 1.29 is 9.53 Å². The molecule has 0 fully saturated rings. The highest BCUT2D eigenvalue weighted by Crippen LogP contribution is 2.25. The molecule has 0 aliphatic heterocycles. The van der Waals surface area contributed by atoms with Gasteiger partial charge in [0.2, 0.25) is 0 Å². The number of anilines is 2. The van der Waals surface area contributed by atoms with Gasteiger partial charge in [-0.15, -0.1) is 11.3 Å². The lowest BCUT2D eigenvalue weighted by atomic mass is 10.2. The molecule has 0 atom stereocenters. The molecule has 7 heteroatoms. The monoisotopic (exact) mass is 359 g/mol. The molecule has 1 heterocycles. The van der Waals surface area contributed by atoms with E-state index in [9.17, 15) is 4.79 Å². The van der Waals surface area contributed by atoms with Gasteiger partial charge in [0, 0.05) is 21.7 Å². The van der Waals surface area contributed by atoms with E-state index in [1.54, 1.807) is 36.4 Å². The van der Waals surface area contributed by atoms with E-state index < -0.39 is 0 Å². The highest BCUT2D eigenvalue weighted by molar-refractivity contribution is 7.13. The minimum Gasteiger partial charge on any atom is -0.484 e. The fourth-order valence-corrected chi connectivity index (χ4v) is 2.72. The molecule has 2 aromatic carbocycles. The van der Waals surface area contributed by atoms with Crippen LogP contribution >= 0.6 is 22.9 Å². The average molecular weight is 360 g/mol. The average Bonchev–Trinajstić information content (AvgIpc) is 3.02. The molecule has 24 heavy (non-hydrogen) atoms. The number of amides is 1. The SMILES string of the molecule is Nc1nc(-c2ccc(OCC(=O)Nc3ccc(Cl)cc3)cc2)cs1. The third-order valence-corrected chi connectivity index (χ3v) is 4.10. The number of nitrogens with one attached hydrogen (secondary N) is 1. The lowest BCUT2D eigenvalue weighted by Crippen LogP contribution is -2.20. The first-order valence-corrected chi connectivity index (χ1v) is 8.35. The molecule has 0 radical (unpaired) electrons. The lowest BCUT2D eigenvalue weighted by molar-refractivity contribution is -0.118. The zero-order valence-electron chi connectivity index (χ0n) is 12.5. The summed E-state index contributed by atoms with van der Waals surface area (Å²) >= 11 is 7.19. The van der Waals surface area contributed by atoms with Crippen molar-refractivity contribution in [3.63, 3.8) is 0 Å². The fraction of sp³-hybridized carbons (Fsp3) is 0.0588. The Morgan fingerprint density at radius 1 is 1.17 bits per heavy atom. The van der Waals surface area contributed by atoms with E-state index in [1.807, 2.05) is 17.5 Å². The van der Waals surface area contributed by atoms with Crippen LogP contribution in [-0.2, 0) is 4.79 Å². The Hall–Kier alpha value is -2.57. The Labute approximate surface area is 148 Å². The van der Waals surface area contributed by atoms with Gasteiger partial charge in [-0.05, 0) is 48.5 Å². The van der Waals surface area contributed by atoms with Crippen molar-refractivity contribution in [3.05, 3.63) is 58.9 Å². The second-order valence-electron chi connectivity index (χ2n) is 4.94. The molecule has 0 spiro atoms. The zero-order chi connectivity index (χ0) is 16.9.